The highest BCUT2D eigenvalue weighted by molar-refractivity contribution is 6.29. The Balaban J connectivity index is 1.90. The molecule has 0 saturated carbocycles. The van der Waals surface area contributed by atoms with Crippen LogP contribution in [-0.4, -0.2) is 29.7 Å². The van der Waals surface area contributed by atoms with E-state index >= 15 is 0 Å². The highest BCUT2D eigenvalue weighted by Gasteiger charge is 2.20. The normalized spacial score (nSPS) is 12.1. The minimum absolute atomic E-state index is 0.0330. The fraction of sp³-hybridized carbons (Fsp3) is 0.150. The molecule has 30 heavy (non-hydrogen) atoms. The lowest BCUT2D eigenvalue weighted by Crippen LogP contribution is -2.30. The average Bonchev–Trinajstić information content (AvgIpc) is 3.09. The van der Waals surface area contributed by atoms with Gasteiger partial charge in [0, 0.05) is 12.3 Å². The van der Waals surface area contributed by atoms with Crippen LogP contribution < -0.4 is 16.7 Å². The maximum Gasteiger partial charge on any atom is 0.339 e. The summed E-state index contributed by atoms with van der Waals surface area (Å²) in [5.41, 5.74) is 7.32. The SMILES string of the molecule is CC(=O)c1cnc(N)nc1NC(C)c1cc2ncc(Cl)n2c(=O)n1-c1ccccc1. The molecule has 1 unspecified atom stereocenters. The average molecular weight is 424 g/mol. The molecule has 0 aliphatic rings. The zero-order chi connectivity index (χ0) is 21.4. The molecule has 0 fully saturated rings. The number of hydrogen-bond acceptors (Lipinski definition) is 7. The van der Waals surface area contributed by atoms with Crippen molar-refractivity contribution in [2.75, 3.05) is 11.1 Å². The fourth-order valence-corrected chi connectivity index (χ4v) is 3.45. The zero-order valence-electron chi connectivity index (χ0n) is 16.2. The van der Waals surface area contributed by atoms with Gasteiger partial charge >= 0.3 is 5.69 Å². The molecule has 0 radical (unpaired) electrons. The Morgan fingerprint density at radius 2 is 1.93 bits per heavy atom. The fourth-order valence-electron chi connectivity index (χ4n) is 3.24. The minimum Gasteiger partial charge on any atom is -0.368 e. The van der Waals surface area contributed by atoms with Crippen LogP contribution in [0.2, 0.25) is 5.15 Å². The highest BCUT2D eigenvalue weighted by atomic mass is 35.5. The number of hydrogen-bond donors (Lipinski definition) is 2. The number of Topliss-reactive ketones (excluding diaryl/α,β-unsaturated/α-hetero) is 1. The van der Waals surface area contributed by atoms with E-state index in [1.54, 1.807) is 6.07 Å². The van der Waals surface area contributed by atoms with Crippen molar-refractivity contribution < 1.29 is 4.79 Å². The Hall–Kier alpha value is -3.72. The van der Waals surface area contributed by atoms with Gasteiger partial charge in [0.2, 0.25) is 5.95 Å². The Kier molecular flexibility index (Phi) is 4.96. The van der Waals surface area contributed by atoms with E-state index < -0.39 is 6.04 Å². The summed E-state index contributed by atoms with van der Waals surface area (Å²) in [6, 6.07) is 10.5. The van der Waals surface area contributed by atoms with E-state index in [2.05, 4.69) is 20.3 Å². The highest BCUT2D eigenvalue weighted by Crippen LogP contribution is 2.24. The lowest BCUT2D eigenvalue weighted by Gasteiger charge is -2.21. The van der Waals surface area contributed by atoms with Gasteiger partial charge in [-0.15, -0.1) is 0 Å². The number of benzene rings is 1. The molecule has 0 bridgehead atoms. The third-order valence-electron chi connectivity index (χ3n) is 4.66. The Morgan fingerprint density at radius 3 is 2.63 bits per heavy atom. The number of nitrogens with zero attached hydrogens (tertiary/aromatic N) is 5. The van der Waals surface area contributed by atoms with Gasteiger partial charge in [0.1, 0.15) is 16.6 Å². The van der Waals surface area contributed by atoms with Crippen molar-refractivity contribution in [3.05, 3.63) is 75.7 Å². The summed E-state index contributed by atoms with van der Waals surface area (Å²) in [6.45, 7) is 3.26. The second kappa shape index (κ2) is 7.60. The van der Waals surface area contributed by atoms with Gasteiger partial charge in [0.15, 0.2) is 5.78 Å². The molecule has 3 heterocycles. The summed E-state index contributed by atoms with van der Waals surface area (Å²) in [5, 5.41) is 3.39. The van der Waals surface area contributed by atoms with Gasteiger partial charge in [-0.1, -0.05) is 29.8 Å². The van der Waals surface area contributed by atoms with E-state index in [1.165, 1.54) is 28.3 Å². The summed E-state index contributed by atoms with van der Waals surface area (Å²) in [7, 11) is 0. The first-order valence-corrected chi connectivity index (χ1v) is 9.49. The van der Waals surface area contributed by atoms with Crippen molar-refractivity contribution in [3.63, 3.8) is 0 Å². The van der Waals surface area contributed by atoms with Crippen LogP contribution in [0, 0.1) is 0 Å². The van der Waals surface area contributed by atoms with Gasteiger partial charge < -0.3 is 11.1 Å². The van der Waals surface area contributed by atoms with Crippen molar-refractivity contribution in [2.24, 2.45) is 0 Å². The number of nitrogen functional groups attached to an aromatic ring is 1. The first-order chi connectivity index (χ1) is 14.4. The minimum atomic E-state index is -0.439. The van der Waals surface area contributed by atoms with Crippen LogP contribution >= 0.6 is 11.6 Å². The quantitative estimate of drug-likeness (QED) is 0.473. The third-order valence-corrected chi connectivity index (χ3v) is 4.93. The number of halogens is 1. The number of rotatable bonds is 5. The second-order valence-corrected chi connectivity index (χ2v) is 7.10. The maximum atomic E-state index is 13.3. The van der Waals surface area contributed by atoms with Gasteiger partial charge in [-0.25, -0.2) is 19.2 Å². The van der Waals surface area contributed by atoms with E-state index in [0.29, 0.717) is 22.6 Å². The smallest absolute Gasteiger partial charge is 0.339 e. The lowest BCUT2D eigenvalue weighted by molar-refractivity contribution is 0.101. The third kappa shape index (κ3) is 3.39. The molecule has 1 atom stereocenters. The number of imidazole rings is 1. The van der Waals surface area contributed by atoms with Crippen molar-refractivity contribution in [1.29, 1.82) is 0 Å². The van der Waals surface area contributed by atoms with Crippen LogP contribution in [0.25, 0.3) is 11.3 Å². The van der Waals surface area contributed by atoms with Crippen molar-refractivity contribution in [3.8, 4) is 5.69 Å². The van der Waals surface area contributed by atoms with Crippen LogP contribution in [0.4, 0.5) is 11.8 Å². The number of para-hydroxylation sites is 1. The van der Waals surface area contributed by atoms with E-state index in [-0.39, 0.29) is 28.4 Å². The Bertz CT molecular complexity index is 1310. The second-order valence-electron chi connectivity index (χ2n) is 6.71. The molecular weight excluding hydrogens is 406 g/mol. The van der Waals surface area contributed by atoms with Crippen LogP contribution in [0.1, 0.15) is 35.9 Å². The maximum absolute atomic E-state index is 13.3. The van der Waals surface area contributed by atoms with Crippen molar-refractivity contribution >= 4 is 34.8 Å². The lowest BCUT2D eigenvalue weighted by atomic mass is 10.1. The Labute approximate surface area is 176 Å². The monoisotopic (exact) mass is 423 g/mol. The number of aromatic nitrogens is 5. The predicted octanol–water partition coefficient (Wildman–Crippen LogP) is 2.89. The van der Waals surface area contributed by atoms with E-state index in [0.717, 1.165) is 0 Å². The number of anilines is 2. The van der Waals surface area contributed by atoms with Gasteiger partial charge in [-0.2, -0.15) is 4.98 Å². The molecule has 10 heteroatoms. The standard InChI is InChI=1S/C20H18ClN7O2/c1-11(25-18-14(12(2)29)9-24-19(22)26-18)15-8-17-23-10-16(21)28(17)20(30)27(15)13-6-4-3-5-7-13/h3-11H,1-2H3,(H3,22,24,25,26). The van der Waals surface area contributed by atoms with Crippen LogP contribution in [0.5, 0.6) is 0 Å². The Morgan fingerprint density at radius 1 is 1.20 bits per heavy atom. The molecule has 152 valence electrons. The first-order valence-electron chi connectivity index (χ1n) is 9.11. The molecule has 0 spiro atoms. The van der Waals surface area contributed by atoms with E-state index in [1.807, 2.05) is 37.3 Å². The van der Waals surface area contributed by atoms with Gasteiger partial charge in [-0.05, 0) is 26.0 Å². The molecule has 0 saturated heterocycles. The molecule has 3 aromatic heterocycles. The molecule has 9 nitrogen and oxygen atoms in total. The molecule has 0 aliphatic carbocycles. The number of carbonyl (C=O) groups excluding carboxylic acids is 1. The summed E-state index contributed by atoms with van der Waals surface area (Å²) in [5.74, 6) is 0.113. The molecule has 3 N–H and O–H groups in total. The largest absolute Gasteiger partial charge is 0.368 e. The van der Waals surface area contributed by atoms with Gasteiger partial charge in [-0.3, -0.25) is 9.36 Å². The number of nitrogens with two attached hydrogens (primary N) is 1. The van der Waals surface area contributed by atoms with Crippen LogP contribution in [0.3, 0.4) is 0 Å². The van der Waals surface area contributed by atoms with Gasteiger partial charge in [0.05, 0.1) is 29.2 Å². The number of nitrogens with one attached hydrogen (secondary N) is 1. The van der Waals surface area contributed by atoms with Crippen molar-refractivity contribution in [1.82, 2.24) is 23.9 Å². The summed E-state index contributed by atoms with van der Waals surface area (Å²) >= 11 is 6.18. The summed E-state index contributed by atoms with van der Waals surface area (Å²) < 4.78 is 2.87. The van der Waals surface area contributed by atoms with Crippen LogP contribution in [-0.2, 0) is 0 Å². The van der Waals surface area contributed by atoms with Gasteiger partial charge in [0.25, 0.3) is 0 Å². The molecule has 0 amide bonds. The number of ketones is 1. The number of carbonyl (C=O) groups is 1. The van der Waals surface area contributed by atoms with Crippen LogP contribution in [0.15, 0.2) is 53.6 Å². The number of fused-ring (bicyclic) bond motifs is 1. The molecule has 4 rings (SSSR count). The topological polar surface area (TPSA) is 120 Å². The van der Waals surface area contributed by atoms with Crippen molar-refractivity contribution in [2.45, 2.75) is 19.9 Å². The molecular formula is C20H18ClN7O2. The zero-order valence-corrected chi connectivity index (χ0v) is 17.0. The predicted molar refractivity (Wildman–Crippen MR) is 114 cm³/mol. The van der Waals surface area contributed by atoms with E-state index in [4.69, 9.17) is 17.3 Å². The molecule has 1 aromatic carbocycles. The first kappa shape index (κ1) is 19.6. The summed E-state index contributed by atoms with van der Waals surface area (Å²) in [6.07, 6.45) is 2.80. The summed E-state index contributed by atoms with van der Waals surface area (Å²) in [4.78, 5) is 37.5. The van der Waals surface area contributed by atoms with E-state index in [9.17, 15) is 9.59 Å². The molecule has 0 aliphatic heterocycles. The molecule has 4 aromatic rings.